The van der Waals surface area contributed by atoms with E-state index in [0.29, 0.717) is 0 Å². The first-order chi connectivity index (χ1) is 11.8. The topological polar surface area (TPSA) is 3.24 Å². The zero-order valence-electron chi connectivity index (χ0n) is 14.5. The van der Waals surface area contributed by atoms with E-state index in [1.54, 1.807) is 0 Å². The van der Waals surface area contributed by atoms with Crippen molar-refractivity contribution < 1.29 is 0 Å². The van der Waals surface area contributed by atoms with Crippen molar-refractivity contribution in [2.75, 3.05) is 4.90 Å². The molecule has 0 atom stereocenters. The van der Waals surface area contributed by atoms with Gasteiger partial charge in [0.1, 0.15) is 0 Å². The molecular formula is C23H25N. The lowest BCUT2D eigenvalue weighted by Gasteiger charge is -2.45. The summed E-state index contributed by atoms with van der Waals surface area (Å²) in [6.07, 6.45) is 2.08. The molecule has 0 unspecified atom stereocenters. The lowest BCUT2D eigenvalue weighted by atomic mass is 9.82. The van der Waals surface area contributed by atoms with Crippen molar-refractivity contribution in [3.8, 4) is 0 Å². The molecule has 1 heteroatoms. The summed E-state index contributed by atoms with van der Waals surface area (Å²) >= 11 is 0. The molecule has 0 radical (unpaired) electrons. The molecule has 3 aromatic carbocycles. The van der Waals surface area contributed by atoms with Gasteiger partial charge in [0, 0.05) is 11.4 Å². The molecule has 3 rings (SSSR count). The summed E-state index contributed by atoms with van der Waals surface area (Å²) in [5.41, 5.74) is 3.76. The summed E-state index contributed by atoms with van der Waals surface area (Å²) in [6, 6.07) is 32.3. The monoisotopic (exact) mass is 315 g/mol. The van der Waals surface area contributed by atoms with E-state index in [1.807, 2.05) is 0 Å². The Morgan fingerprint density at radius 3 is 1.33 bits per heavy atom. The molecule has 0 saturated heterocycles. The first-order valence-electron chi connectivity index (χ1n) is 8.77. The van der Waals surface area contributed by atoms with Crippen molar-refractivity contribution in [3.05, 3.63) is 96.6 Å². The molecule has 3 aromatic rings. The quantitative estimate of drug-likeness (QED) is 0.499. The number of hydrogen-bond donors (Lipinski definition) is 0. The van der Waals surface area contributed by atoms with Crippen molar-refractivity contribution in [3.63, 3.8) is 0 Å². The fraction of sp³-hybridized carbons (Fsp3) is 0.217. The number of benzene rings is 3. The summed E-state index contributed by atoms with van der Waals surface area (Å²) in [5.74, 6) is 0. The van der Waals surface area contributed by atoms with Crippen LogP contribution in [0.2, 0.25) is 0 Å². The average Bonchev–Trinajstić information content (AvgIpc) is 2.68. The standard InChI is InChI=1S/C23H25N/c1-3-23(4-2,20-14-8-5-9-15-20)24(21-16-10-6-11-17-21)22-18-12-7-13-19-22/h5-19H,3-4H2,1-2H3. The van der Waals surface area contributed by atoms with Gasteiger partial charge in [0.05, 0.1) is 5.54 Å². The van der Waals surface area contributed by atoms with Crippen molar-refractivity contribution in [2.24, 2.45) is 0 Å². The third kappa shape index (κ3) is 2.94. The molecule has 0 aliphatic carbocycles. The van der Waals surface area contributed by atoms with Gasteiger partial charge in [-0.1, -0.05) is 80.6 Å². The van der Waals surface area contributed by atoms with Crippen LogP contribution in [-0.2, 0) is 5.54 Å². The van der Waals surface area contributed by atoms with E-state index in [9.17, 15) is 0 Å². The van der Waals surface area contributed by atoms with E-state index in [2.05, 4.69) is 110 Å². The van der Waals surface area contributed by atoms with Crippen molar-refractivity contribution >= 4 is 11.4 Å². The molecule has 0 aliphatic heterocycles. The van der Waals surface area contributed by atoms with Crippen LogP contribution in [0.3, 0.4) is 0 Å². The van der Waals surface area contributed by atoms with Crippen LogP contribution >= 0.6 is 0 Å². The average molecular weight is 315 g/mol. The maximum Gasteiger partial charge on any atom is 0.0697 e. The van der Waals surface area contributed by atoms with Crippen LogP contribution in [-0.4, -0.2) is 0 Å². The van der Waals surface area contributed by atoms with Gasteiger partial charge in [-0.3, -0.25) is 0 Å². The molecule has 0 heterocycles. The van der Waals surface area contributed by atoms with Crippen molar-refractivity contribution in [1.29, 1.82) is 0 Å². The molecule has 0 aromatic heterocycles. The maximum atomic E-state index is 2.50. The largest absolute Gasteiger partial charge is 0.331 e. The number of nitrogens with zero attached hydrogens (tertiary/aromatic N) is 1. The Bertz CT molecular complexity index is 691. The van der Waals surface area contributed by atoms with Crippen LogP contribution in [0, 0.1) is 0 Å². The second-order valence-electron chi connectivity index (χ2n) is 6.11. The van der Waals surface area contributed by atoms with Crippen LogP contribution in [0.15, 0.2) is 91.0 Å². The summed E-state index contributed by atoms with van der Waals surface area (Å²) in [4.78, 5) is 2.50. The van der Waals surface area contributed by atoms with E-state index < -0.39 is 0 Å². The zero-order valence-corrected chi connectivity index (χ0v) is 14.5. The van der Waals surface area contributed by atoms with Crippen LogP contribution in [0.4, 0.5) is 11.4 Å². The molecule has 0 saturated carbocycles. The van der Waals surface area contributed by atoms with E-state index in [0.717, 1.165) is 12.8 Å². The highest BCUT2D eigenvalue weighted by molar-refractivity contribution is 5.66. The predicted octanol–water partition coefficient (Wildman–Crippen LogP) is 6.54. The Labute approximate surface area is 145 Å². The van der Waals surface area contributed by atoms with Gasteiger partial charge in [-0.05, 0) is 42.7 Å². The van der Waals surface area contributed by atoms with Gasteiger partial charge in [0.15, 0.2) is 0 Å². The summed E-state index contributed by atoms with van der Waals surface area (Å²) in [5, 5.41) is 0. The predicted molar refractivity (Wildman–Crippen MR) is 104 cm³/mol. The summed E-state index contributed by atoms with van der Waals surface area (Å²) < 4.78 is 0. The Morgan fingerprint density at radius 1 is 0.583 bits per heavy atom. The molecule has 0 spiro atoms. The van der Waals surface area contributed by atoms with E-state index in [4.69, 9.17) is 0 Å². The van der Waals surface area contributed by atoms with E-state index in [-0.39, 0.29) is 5.54 Å². The Balaban J connectivity index is 2.23. The van der Waals surface area contributed by atoms with Gasteiger partial charge in [-0.2, -0.15) is 0 Å². The zero-order chi connectivity index (χ0) is 16.8. The molecule has 24 heavy (non-hydrogen) atoms. The molecular weight excluding hydrogens is 290 g/mol. The normalized spacial score (nSPS) is 11.2. The number of anilines is 2. The highest BCUT2D eigenvalue weighted by Gasteiger charge is 2.36. The Hall–Kier alpha value is -2.54. The third-order valence-electron chi connectivity index (χ3n) is 4.94. The first kappa shape index (κ1) is 16.3. The SMILES string of the molecule is CCC(CC)(c1ccccc1)N(c1ccccc1)c1ccccc1. The number of para-hydroxylation sites is 2. The fourth-order valence-corrected chi connectivity index (χ4v) is 3.65. The Morgan fingerprint density at radius 2 is 0.958 bits per heavy atom. The van der Waals surface area contributed by atoms with Gasteiger partial charge < -0.3 is 4.90 Å². The minimum absolute atomic E-state index is 0.0655. The first-order valence-corrected chi connectivity index (χ1v) is 8.77. The van der Waals surface area contributed by atoms with Gasteiger partial charge >= 0.3 is 0 Å². The fourth-order valence-electron chi connectivity index (χ4n) is 3.65. The van der Waals surface area contributed by atoms with Gasteiger partial charge in [0.25, 0.3) is 0 Å². The summed E-state index contributed by atoms with van der Waals surface area (Å²) in [7, 11) is 0. The van der Waals surface area contributed by atoms with Crippen molar-refractivity contribution in [1.82, 2.24) is 0 Å². The molecule has 0 fully saturated rings. The van der Waals surface area contributed by atoms with Crippen LogP contribution < -0.4 is 4.90 Å². The lowest BCUT2D eigenvalue weighted by Crippen LogP contribution is -2.42. The minimum Gasteiger partial charge on any atom is -0.331 e. The van der Waals surface area contributed by atoms with Crippen LogP contribution in [0.1, 0.15) is 32.3 Å². The maximum absolute atomic E-state index is 2.50. The second kappa shape index (κ2) is 7.35. The number of rotatable bonds is 6. The molecule has 1 nitrogen and oxygen atoms in total. The van der Waals surface area contributed by atoms with Crippen LogP contribution in [0.5, 0.6) is 0 Å². The smallest absolute Gasteiger partial charge is 0.0697 e. The van der Waals surface area contributed by atoms with E-state index in [1.165, 1.54) is 16.9 Å². The highest BCUT2D eigenvalue weighted by Crippen LogP contribution is 2.43. The van der Waals surface area contributed by atoms with E-state index >= 15 is 0 Å². The molecule has 122 valence electrons. The molecule has 0 amide bonds. The minimum atomic E-state index is -0.0655. The van der Waals surface area contributed by atoms with Crippen molar-refractivity contribution in [2.45, 2.75) is 32.2 Å². The molecule has 0 N–H and O–H groups in total. The lowest BCUT2D eigenvalue weighted by molar-refractivity contribution is 0.403. The summed E-state index contributed by atoms with van der Waals surface area (Å²) in [6.45, 7) is 4.57. The molecule has 0 bridgehead atoms. The highest BCUT2D eigenvalue weighted by atomic mass is 15.2. The third-order valence-corrected chi connectivity index (χ3v) is 4.94. The van der Waals surface area contributed by atoms with Gasteiger partial charge in [-0.25, -0.2) is 0 Å². The van der Waals surface area contributed by atoms with Gasteiger partial charge in [0.2, 0.25) is 0 Å². The Kier molecular flexibility index (Phi) is 5.00. The second-order valence-corrected chi connectivity index (χ2v) is 6.11. The number of hydrogen-bond acceptors (Lipinski definition) is 1. The van der Waals surface area contributed by atoms with Gasteiger partial charge in [-0.15, -0.1) is 0 Å². The van der Waals surface area contributed by atoms with Crippen LogP contribution in [0.25, 0.3) is 0 Å². The molecule has 0 aliphatic rings.